The third-order valence-electron chi connectivity index (χ3n) is 3.75. The Kier molecular flexibility index (Phi) is 6.45. The van der Waals surface area contributed by atoms with Crippen LogP contribution in [0.3, 0.4) is 0 Å². The Labute approximate surface area is 143 Å². The van der Waals surface area contributed by atoms with Crippen LogP contribution in [0.2, 0.25) is 5.02 Å². The van der Waals surface area contributed by atoms with Gasteiger partial charge in [-0.3, -0.25) is 0 Å². The van der Waals surface area contributed by atoms with E-state index in [9.17, 15) is 8.42 Å². The zero-order valence-electron chi connectivity index (χ0n) is 13.7. The monoisotopic (exact) mass is 361 g/mol. The lowest BCUT2D eigenvalue weighted by Crippen LogP contribution is -2.49. The zero-order valence-corrected chi connectivity index (χ0v) is 15.3. The summed E-state index contributed by atoms with van der Waals surface area (Å²) >= 11 is 6.01. The first-order valence-electron chi connectivity index (χ1n) is 7.78. The Morgan fingerprint density at radius 3 is 2.83 bits per heavy atom. The molecule has 5 nitrogen and oxygen atoms in total. The summed E-state index contributed by atoms with van der Waals surface area (Å²) in [6, 6.07) is 7.16. The van der Waals surface area contributed by atoms with Crippen molar-refractivity contribution in [3.63, 3.8) is 0 Å². The fourth-order valence-corrected chi connectivity index (χ4v) is 4.25. The predicted molar refractivity (Wildman–Crippen MR) is 91.2 cm³/mol. The standard InChI is InChI=1S/C16H24ClNO4S/c1-12(2)21-7-8-23(19,20)18-10-16(22-11-13(18)3)14-5-4-6-15(17)9-14/h4-6,9,12-13,16H,7-8,10-11H2,1-3H3. The van der Waals surface area contributed by atoms with Crippen LogP contribution in [0.15, 0.2) is 24.3 Å². The molecule has 1 aliphatic heterocycles. The average Bonchev–Trinajstić information content (AvgIpc) is 2.47. The summed E-state index contributed by atoms with van der Waals surface area (Å²) in [5.74, 6) is -0.0161. The second-order valence-electron chi connectivity index (χ2n) is 6.03. The molecular formula is C16H24ClNO4S. The van der Waals surface area contributed by atoms with Crippen molar-refractivity contribution in [3.05, 3.63) is 34.9 Å². The average molecular weight is 362 g/mol. The number of morpholine rings is 1. The summed E-state index contributed by atoms with van der Waals surface area (Å²) in [6.45, 7) is 6.49. The maximum Gasteiger partial charge on any atom is 0.216 e. The molecule has 0 radical (unpaired) electrons. The smallest absolute Gasteiger partial charge is 0.216 e. The molecule has 23 heavy (non-hydrogen) atoms. The SMILES string of the molecule is CC(C)OCCS(=O)(=O)N1CC(c2cccc(Cl)c2)OCC1C. The second-order valence-corrected chi connectivity index (χ2v) is 8.51. The van der Waals surface area contributed by atoms with Crippen molar-refractivity contribution in [3.8, 4) is 0 Å². The van der Waals surface area contributed by atoms with E-state index < -0.39 is 10.0 Å². The largest absolute Gasteiger partial charge is 0.378 e. The number of nitrogens with zero attached hydrogens (tertiary/aromatic N) is 1. The highest BCUT2D eigenvalue weighted by Crippen LogP contribution is 2.28. The minimum absolute atomic E-state index is 0.0161. The Hall–Kier alpha value is -0.660. The van der Waals surface area contributed by atoms with Gasteiger partial charge in [-0.1, -0.05) is 23.7 Å². The van der Waals surface area contributed by atoms with Gasteiger partial charge in [-0.15, -0.1) is 0 Å². The van der Waals surface area contributed by atoms with Gasteiger partial charge in [0.15, 0.2) is 0 Å². The molecule has 0 aromatic heterocycles. The molecule has 1 heterocycles. The first kappa shape index (κ1) is 18.7. The normalized spacial score (nSPS) is 23.3. The minimum atomic E-state index is -3.38. The highest BCUT2D eigenvalue weighted by Gasteiger charge is 2.35. The lowest BCUT2D eigenvalue weighted by Gasteiger charge is -2.37. The van der Waals surface area contributed by atoms with E-state index in [2.05, 4.69) is 0 Å². The topological polar surface area (TPSA) is 55.8 Å². The summed E-state index contributed by atoms with van der Waals surface area (Å²) in [5, 5.41) is 0.615. The molecule has 0 saturated carbocycles. The van der Waals surface area contributed by atoms with E-state index in [1.807, 2.05) is 39.0 Å². The van der Waals surface area contributed by atoms with Gasteiger partial charge >= 0.3 is 0 Å². The maximum atomic E-state index is 12.6. The molecule has 0 bridgehead atoms. The first-order chi connectivity index (χ1) is 10.8. The second kappa shape index (κ2) is 7.94. The Morgan fingerprint density at radius 2 is 2.17 bits per heavy atom. The van der Waals surface area contributed by atoms with Crippen molar-refractivity contribution >= 4 is 21.6 Å². The molecule has 0 aliphatic carbocycles. The molecule has 2 rings (SSSR count). The van der Waals surface area contributed by atoms with Gasteiger partial charge in [0.2, 0.25) is 10.0 Å². The first-order valence-corrected chi connectivity index (χ1v) is 9.76. The fraction of sp³-hybridized carbons (Fsp3) is 0.625. The third-order valence-corrected chi connectivity index (χ3v) is 5.89. The Balaban J connectivity index is 2.08. The van der Waals surface area contributed by atoms with E-state index in [0.717, 1.165) is 5.56 Å². The minimum Gasteiger partial charge on any atom is -0.378 e. The van der Waals surface area contributed by atoms with Gasteiger partial charge in [-0.25, -0.2) is 8.42 Å². The van der Waals surface area contributed by atoms with Gasteiger partial charge in [-0.05, 0) is 38.5 Å². The van der Waals surface area contributed by atoms with Crippen LogP contribution in [-0.2, 0) is 19.5 Å². The number of hydrogen-bond donors (Lipinski definition) is 0. The molecule has 2 atom stereocenters. The maximum absolute atomic E-state index is 12.6. The van der Waals surface area contributed by atoms with Crippen LogP contribution < -0.4 is 0 Å². The predicted octanol–water partition coefficient (Wildman–Crippen LogP) is 2.86. The number of hydrogen-bond acceptors (Lipinski definition) is 4. The van der Waals surface area contributed by atoms with Crippen LogP contribution in [-0.4, -0.2) is 50.4 Å². The number of rotatable bonds is 6. The van der Waals surface area contributed by atoms with Gasteiger partial charge in [-0.2, -0.15) is 4.31 Å². The highest BCUT2D eigenvalue weighted by molar-refractivity contribution is 7.89. The van der Waals surface area contributed by atoms with Gasteiger partial charge in [0.1, 0.15) is 0 Å². The van der Waals surface area contributed by atoms with E-state index in [1.165, 1.54) is 4.31 Å². The molecule has 1 saturated heterocycles. The summed E-state index contributed by atoms with van der Waals surface area (Å²) in [7, 11) is -3.38. The van der Waals surface area contributed by atoms with Crippen molar-refractivity contribution in [2.45, 2.75) is 39.0 Å². The van der Waals surface area contributed by atoms with Crippen molar-refractivity contribution in [1.82, 2.24) is 4.31 Å². The zero-order chi connectivity index (χ0) is 17.0. The molecule has 1 fully saturated rings. The molecule has 1 aromatic rings. The molecular weight excluding hydrogens is 338 g/mol. The Morgan fingerprint density at radius 1 is 1.43 bits per heavy atom. The van der Waals surface area contributed by atoms with Gasteiger partial charge in [0.05, 0.1) is 31.2 Å². The summed E-state index contributed by atoms with van der Waals surface area (Å²) in [5.41, 5.74) is 0.892. The van der Waals surface area contributed by atoms with Crippen LogP contribution in [0, 0.1) is 0 Å². The summed E-state index contributed by atoms with van der Waals surface area (Å²) < 4.78 is 37.9. The fourth-order valence-electron chi connectivity index (χ4n) is 2.54. The summed E-state index contributed by atoms with van der Waals surface area (Å²) in [6.07, 6.45) is -0.280. The van der Waals surface area contributed by atoms with Gasteiger partial charge in [0.25, 0.3) is 0 Å². The van der Waals surface area contributed by atoms with Crippen molar-refractivity contribution in [2.75, 3.05) is 25.5 Å². The van der Waals surface area contributed by atoms with Crippen LogP contribution in [0.5, 0.6) is 0 Å². The van der Waals surface area contributed by atoms with Crippen molar-refractivity contribution < 1.29 is 17.9 Å². The lowest BCUT2D eigenvalue weighted by atomic mass is 10.1. The number of sulfonamides is 1. The number of halogens is 1. The van der Waals surface area contributed by atoms with E-state index in [0.29, 0.717) is 18.2 Å². The molecule has 0 N–H and O–H groups in total. The van der Waals surface area contributed by atoms with Crippen LogP contribution >= 0.6 is 11.6 Å². The third kappa shape index (κ3) is 5.16. The summed E-state index contributed by atoms with van der Waals surface area (Å²) in [4.78, 5) is 0. The van der Waals surface area contributed by atoms with E-state index in [4.69, 9.17) is 21.1 Å². The quantitative estimate of drug-likeness (QED) is 0.781. The van der Waals surface area contributed by atoms with Crippen molar-refractivity contribution in [2.24, 2.45) is 0 Å². The van der Waals surface area contributed by atoms with E-state index >= 15 is 0 Å². The number of ether oxygens (including phenoxy) is 2. The molecule has 130 valence electrons. The molecule has 2 unspecified atom stereocenters. The lowest BCUT2D eigenvalue weighted by molar-refractivity contribution is -0.0291. The highest BCUT2D eigenvalue weighted by atomic mass is 35.5. The molecule has 1 aliphatic rings. The van der Waals surface area contributed by atoms with E-state index in [-0.39, 0.29) is 30.6 Å². The number of benzene rings is 1. The van der Waals surface area contributed by atoms with E-state index in [1.54, 1.807) is 6.07 Å². The van der Waals surface area contributed by atoms with Gasteiger partial charge in [0, 0.05) is 17.6 Å². The van der Waals surface area contributed by atoms with Gasteiger partial charge < -0.3 is 9.47 Å². The molecule has 0 amide bonds. The van der Waals surface area contributed by atoms with Crippen LogP contribution in [0.1, 0.15) is 32.4 Å². The molecule has 7 heteroatoms. The molecule has 0 spiro atoms. The van der Waals surface area contributed by atoms with Crippen LogP contribution in [0.25, 0.3) is 0 Å². The van der Waals surface area contributed by atoms with Crippen LogP contribution in [0.4, 0.5) is 0 Å². The Bertz CT molecular complexity index is 620. The molecule has 1 aromatic carbocycles. The van der Waals surface area contributed by atoms with Crippen molar-refractivity contribution in [1.29, 1.82) is 0 Å².